The lowest BCUT2D eigenvalue weighted by atomic mass is 10.1. The Labute approximate surface area is 101 Å². The van der Waals surface area contributed by atoms with Crippen molar-refractivity contribution in [2.75, 3.05) is 24.5 Å². The number of ether oxygens (including phenoxy) is 1. The molecular weight excluding hydrogens is 216 g/mol. The van der Waals surface area contributed by atoms with Crippen molar-refractivity contribution in [3.63, 3.8) is 0 Å². The molecule has 1 saturated heterocycles. The number of nitrogens with two attached hydrogens (primary N) is 1. The third-order valence-electron chi connectivity index (χ3n) is 3.59. The van der Waals surface area contributed by atoms with Crippen LogP contribution in [0.3, 0.4) is 0 Å². The van der Waals surface area contributed by atoms with E-state index in [4.69, 9.17) is 10.5 Å². The lowest BCUT2D eigenvalue weighted by Crippen LogP contribution is -2.25. The Balaban J connectivity index is 1.93. The molecule has 17 heavy (non-hydrogen) atoms. The van der Waals surface area contributed by atoms with Gasteiger partial charge in [0.15, 0.2) is 0 Å². The first-order valence-corrected chi connectivity index (χ1v) is 6.17. The van der Waals surface area contributed by atoms with Crippen molar-refractivity contribution in [2.45, 2.75) is 26.6 Å². The summed E-state index contributed by atoms with van der Waals surface area (Å²) in [5.41, 5.74) is 7.97. The molecule has 5 heteroatoms. The first-order chi connectivity index (χ1) is 8.28. The lowest BCUT2D eigenvalue weighted by Gasteiger charge is -2.20. The maximum Gasteiger partial charge on any atom is 0.138 e. The van der Waals surface area contributed by atoms with Crippen molar-refractivity contribution < 1.29 is 4.74 Å². The highest BCUT2D eigenvalue weighted by Crippen LogP contribution is 2.30. The summed E-state index contributed by atoms with van der Waals surface area (Å²) >= 11 is 0. The minimum atomic E-state index is 0.600. The fourth-order valence-corrected chi connectivity index (χ4v) is 2.63. The summed E-state index contributed by atoms with van der Waals surface area (Å²) in [5.74, 6) is 2.50. The molecule has 1 fully saturated rings. The van der Waals surface area contributed by atoms with Crippen molar-refractivity contribution in [1.29, 1.82) is 0 Å². The highest BCUT2D eigenvalue weighted by atomic mass is 16.5. The summed E-state index contributed by atoms with van der Waals surface area (Å²) in [5, 5.41) is 0. The van der Waals surface area contributed by atoms with Gasteiger partial charge in [0.2, 0.25) is 0 Å². The molecule has 0 bridgehead atoms. The maximum atomic E-state index is 5.73. The molecule has 1 atom stereocenters. The Morgan fingerprint density at radius 2 is 2.29 bits per heavy atom. The largest absolute Gasteiger partial charge is 0.370 e. The second-order valence-electron chi connectivity index (χ2n) is 4.85. The van der Waals surface area contributed by atoms with Crippen molar-refractivity contribution in [2.24, 2.45) is 11.7 Å². The van der Waals surface area contributed by atoms with E-state index in [1.807, 2.05) is 6.92 Å². The number of nitrogens with zero attached hydrogens (tertiary/aromatic N) is 3. The SMILES string of the molecule is Cc1nc2c(c(N3CCC(CN)C3)n1)COC2. The highest BCUT2D eigenvalue weighted by molar-refractivity contribution is 5.50. The zero-order chi connectivity index (χ0) is 11.8. The molecule has 0 aliphatic carbocycles. The van der Waals surface area contributed by atoms with Gasteiger partial charge in [-0.2, -0.15) is 0 Å². The van der Waals surface area contributed by atoms with Crippen LogP contribution in [0.15, 0.2) is 0 Å². The van der Waals surface area contributed by atoms with Gasteiger partial charge in [0, 0.05) is 18.7 Å². The zero-order valence-electron chi connectivity index (χ0n) is 10.1. The van der Waals surface area contributed by atoms with Gasteiger partial charge < -0.3 is 15.4 Å². The van der Waals surface area contributed by atoms with Gasteiger partial charge in [-0.05, 0) is 25.8 Å². The van der Waals surface area contributed by atoms with Gasteiger partial charge in [-0.3, -0.25) is 0 Å². The van der Waals surface area contributed by atoms with Crippen LogP contribution in [0.4, 0.5) is 5.82 Å². The average Bonchev–Trinajstić information content (AvgIpc) is 2.95. The summed E-state index contributed by atoms with van der Waals surface area (Å²) in [6, 6.07) is 0. The van der Waals surface area contributed by atoms with Gasteiger partial charge >= 0.3 is 0 Å². The highest BCUT2D eigenvalue weighted by Gasteiger charge is 2.27. The minimum absolute atomic E-state index is 0.600. The molecule has 0 amide bonds. The van der Waals surface area contributed by atoms with E-state index in [1.54, 1.807) is 0 Å². The molecule has 2 aliphatic heterocycles. The fourth-order valence-electron chi connectivity index (χ4n) is 2.63. The molecule has 2 N–H and O–H groups in total. The monoisotopic (exact) mass is 234 g/mol. The molecule has 3 rings (SSSR count). The van der Waals surface area contributed by atoms with E-state index in [0.717, 1.165) is 43.4 Å². The van der Waals surface area contributed by atoms with Crippen LogP contribution in [0.5, 0.6) is 0 Å². The molecular formula is C12H18N4O. The molecule has 0 radical (unpaired) electrons. The predicted octanol–water partition coefficient (Wildman–Crippen LogP) is 0.600. The van der Waals surface area contributed by atoms with Crippen molar-refractivity contribution in [3.05, 3.63) is 17.1 Å². The third kappa shape index (κ3) is 1.89. The Bertz CT molecular complexity index is 435. The van der Waals surface area contributed by atoms with Gasteiger partial charge in [0.05, 0.1) is 18.9 Å². The molecule has 92 valence electrons. The molecule has 3 heterocycles. The van der Waals surface area contributed by atoms with Crippen molar-refractivity contribution in [1.82, 2.24) is 9.97 Å². The van der Waals surface area contributed by atoms with Gasteiger partial charge in [-0.1, -0.05) is 0 Å². The Hall–Kier alpha value is -1.20. The van der Waals surface area contributed by atoms with Crippen LogP contribution < -0.4 is 10.6 Å². The quantitative estimate of drug-likeness (QED) is 0.812. The normalized spacial score (nSPS) is 23.2. The molecule has 0 saturated carbocycles. The van der Waals surface area contributed by atoms with E-state index in [0.29, 0.717) is 19.1 Å². The van der Waals surface area contributed by atoms with Crippen LogP contribution in [0.1, 0.15) is 23.5 Å². The molecule has 5 nitrogen and oxygen atoms in total. The molecule has 0 aromatic carbocycles. The van der Waals surface area contributed by atoms with Crippen LogP contribution >= 0.6 is 0 Å². The summed E-state index contributed by atoms with van der Waals surface area (Å²) < 4.78 is 5.47. The van der Waals surface area contributed by atoms with Crippen LogP contribution in [0.2, 0.25) is 0 Å². The number of hydrogen-bond donors (Lipinski definition) is 1. The fraction of sp³-hybridized carbons (Fsp3) is 0.667. The van der Waals surface area contributed by atoms with E-state index >= 15 is 0 Å². The number of anilines is 1. The van der Waals surface area contributed by atoms with Gasteiger partial charge in [0.25, 0.3) is 0 Å². The minimum Gasteiger partial charge on any atom is -0.370 e. The number of hydrogen-bond acceptors (Lipinski definition) is 5. The molecule has 1 unspecified atom stereocenters. The van der Waals surface area contributed by atoms with Crippen molar-refractivity contribution >= 4 is 5.82 Å². The Morgan fingerprint density at radius 3 is 3.06 bits per heavy atom. The van der Waals surface area contributed by atoms with E-state index in [-0.39, 0.29) is 0 Å². The molecule has 1 aromatic rings. The standard InChI is InChI=1S/C12H18N4O/c1-8-14-11-7-17-6-10(11)12(15-8)16-3-2-9(4-13)5-16/h9H,2-7,13H2,1H3. The van der Waals surface area contributed by atoms with Crippen LogP contribution in [0.25, 0.3) is 0 Å². The predicted molar refractivity (Wildman–Crippen MR) is 64.6 cm³/mol. The third-order valence-corrected chi connectivity index (χ3v) is 3.59. The van der Waals surface area contributed by atoms with Crippen molar-refractivity contribution in [3.8, 4) is 0 Å². The Kier molecular flexibility index (Phi) is 2.72. The molecule has 0 spiro atoms. The van der Waals surface area contributed by atoms with Gasteiger partial charge in [-0.25, -0.2) is 9.97 Å². The maximum absolute atomic E-state index is 5.73. The summed E-state index contributed by atoms with van der Waals surface area (Å²) in [6.45, 7) is 6.04. The van der Waals surface area contributed by atoms with E-state index in [9.17, 15) is 0 Å². The van der Waals surface area contributed by atoms with E-state index < -0.39 is 0 Å². The number of rotatable bonds is 2. The first-order valence-electron chi connectivity index (χ1n) is 6.17. The number of aryl methyl sites for hydroxylation is 1. The van der Waals surface area contributed by atoms with Crippen LogP contribution in [-0.4, -0.2) is 29.6 Å². The number of aromatic nitrogens is 2. The second kappa shape index (κ2) is 4.23. The molecule has 1 aromatic heterocycles. The summed E-state index contributed by atoms with van der Waals surface area (Å²) in [7, 11) is 0. The summed E-state index contributed by atoms with van der Waals surface area (Å²) in [4.78, 5) is 11.4. The zero-order valence-corrected chi connectivity index (χ0v) is 10.1. The first kappa shape index (κ1) is 10.9. The lowest BCUT2D eigenvalue weighted by molar-refractivity contribution is 0.133. The summed E-state index contributed by atoms with van der Waals surface area (Å²) in [6.07, 6.45) is 1.16. The topological polar surface area (TPSA) is 64.3 Å². The van der Waals surface area contributed by atoms with E-state index in [2.05, 4.69) is 14.9 Å². The van der Waals surface area contributed by atoms with E-state index in [1.165, 1.54) is 5.56 Å². The second-order valence-corrected chi connectivity index (χ2v) is 4.85. The van der Waals surface area contributed by atoms with Gasteiger partial charge in [-0.15, -0.1) is 0 Å². The average molecular weight is 234 g/mol. The Morgan fingerprint density at radius 1 is 1.41 bits per heavy atom. The molecule has 2 aliphatic rings. The van der Waals surface area contributed by atoms with Crippen LogP contribution in [-0.2, 0) is 18.0 Å². The smallest absolute Gasteiger partial charge is 0.138 e. The van der Waals surface area contributed by atoms with Crippen LogP contribution in [0, 0.1) is 12.8 Å². The number of fused-ring (bicyclic) bond motifs is 1. The van der Waals surface area contributed by atoms with Gasteiger partial charge in [0.1, 0.15) is 11.6 Å².